The lowest BCUT2D eigenvalue weighted by Crippen LogP contribution is -1.96. The fraction of sp³-hybridized carbons (Fsp3) is 0.176. The summed E-state index contributed by atoms with van der Waals surface area (Å²) >= 11 is 0. The lowest BCUT2D eigenvalue weighted by molar-refractivity contribution is 0.414. The fourth-order valence-electron chi connectivity index (χ4n) is 2.16. The van der Waals surface area contributed by atoms with Gasteiger partial charge in [-0.15, -0.1) is 0 Å². The number of pyridine rings is 1. The smallest absolute Gasteiger partial charge is 0.118 e. The summed E-state index contributed by atoms with van der Waals surface area (Å²) in [5.74, 6) is 0.871. The molecule has 0 saturated heterocycles. The number of ether oxygens (including phenoxy) is 1. The van der Waals surface area contributed by atoms with Gasteiger partial charge in [0.2, 0.25) is 0 Å². The third kappa shape index (κ3) is 3.11. The summed E-state index contributed by atoms with van der Waals surface area (Å²) in [7, 11) is 1.67. The van der Waals surface area contributed by atoms with Gasteiger partial charge in [-0.1, -0.05) is 12.1 Å². The molecule has 3 rings (SSSR count). The minimum absolute atomic E-state index is 0.788. The zero-order chi connectivity index (χ0) is 14.7. The van der Waals surface area contributed by atoms with Crippen molar-refractivity contribution >= 4 is 0 Å². The minimum Gasteiger partial charge on any atom is -0.497 e. The van der Waals surface area contributed by atoms with Crippen LogP contribution in [0.4, 0.5) is 0 Å². The van der Waals surface area contributed by atoms with Crippen LogP contribution < -0.4 is 4.74 Å². The molecule has 0 N–H and O–H groups in total. The molecule has 4 nitrogen and oxygen atoms in total. The van der Waals surface area contributed by atoms with Gasteiger partial charge in [-0.3, -0.25) is 4.98 Å². The summed E-state index contributed by atoms with van der Waals surface area (Å²) in [6, 6.07) is 12.1. The van der Waals surface area contributed by atoms with Crippen LogP contribution >= 0.6 is 0 Å². The lowest BCUT2D eigenvalue weighted by atomic mass is 10.2. The van der Waals surface area contributed by atoms with Gasteiger partial charge in [-0.2, -0.15) is 0 Å². The Balaban J connectivity index is 1.76. The van der Waals surface area contributed by atoms with Crippen molar-refractivity contribution in [3.8, 4) is 17.0 Å². The SMILES string of the molecule is COc1ccc(Cn2cnc(-c3ccc(C)nc3)c2)cc1. The number of nitrogens with zero attached hydrogens (tertiary/aromatic N) is 3. The highest BCUT2D eigenvalue weighted by molar-refractivity contribution is 5.56. The molecule has 0 bridgehead atoms. The van der Waals surface area contributed by atoms with Gasteiger partial charge >= 0.3 is 0 Å². The first kappa shape index (κ1) is 13.4. The van der Waals surface area contributed by atoms with Crippen molar-refractivity contribution in [2.24, 2.45) is 0 Å². The largest absolute Gasteiger partial charge is 0.497 e. The molecule has 21 heavy (non-hydrogen) atoms. The maximum atomic E-state index is 5.16. The van der Waals surface area contributed by atoms with Crippen molar-refractivity contribution in [2.75, 3.05) is 7.11 Å². The number of aromatic nitrogens is 3. The summed E-state index contributed by atoms with van der Waals surface area (Å²) in [5, 5.41) is 0. The van der Waals surface area contributed by atoms with Crippen LogP contribution in [0.2, 0.25) is 0 Å². The summed E-state index contributed by atoms with van der Waals surface area (Å²) in [4.78, 5) is 8.75. The summed E-state index contributed by atoms with van der Waals surface area (Å²) < 4.78 is 7.23. The van der Waals surface area contributed by atoms with Crippen LogP contribution in [0.1, 0.15) is 11.3 Å². The maximum Gasteiger partial charge on any atom is 0.118 e. The first-order valence-corrected chi connectivity index (χ1v) is 6.82. The van der Waals surface area contributed by atoms with Gasteiger partial charge in [0.1, 0.15) is 5.75 Å². The molecule has 0 unspecified atom stereocenters. The van der Waals surface area contributed by atoms with E-state index in [1.165, 1.54) is 5.56 Å². The number of hydrogen-bond donors (Lipinski definition) is 0. The quantitative estimate of drug-likeness (QED) is 0.735. The molecule has 2 heterocycles. The molecule has 0 aliphatic carbocycles. The summed E-state index contributed by atoms with van der Waals surface area (Å²) in [5.41, 5.74) is 4.20. The lowest BCUT2D eigenvalue weighted by Gasteiger charge is -2.04. The van der Waals surface area contributed by atoms with E-state index in [4.69, 9.17) is 4.74 Å². The Kier molecular flexibility index (Phi) is 3.69. The molecule has 0 amide bonds. The predicted molar refractivity (Wildman–Crippen MR) is 82.3 cm³/mol. The molecule has 0 fully saturated rings. The topological polar surface area (TPSA) is 39.9 Å². The Morgan fingerprint density at radius 3 is 2.52 bits per heavy atom. The molecule has 0 saturated carbocycles. The van der Waals surface area contributed by atoms with Crippen molar-refractivity contribution in [1.29, 1.82) is 0 Å². The monoisotopic (exact) mass is 279 g/mol. The Labute approximate surface area is 124 Å². The van der Waals surface area contributed by atoms with Crippen molar-refractivity contribution in [1.82, 2.24) is 14.5 Å². The molecule has 1 aromatic carbocycles. The number of methoxy groups -OCH3 is 1. The first-order valence-electron chi connectivity index (χ1n) is 6.82. The number of hydrogen-bond acceptors (Lipinski definition) is 3. The van der Waals surface area contributed by atoms with Crippen LogP contribution in [0, 0.1) is 6.92 Å². The third-order valence-electron chi connectivity index (χ3n) is 3.36. The van der Waals surface area contributed by atoms with Crippen molar-refractivity contribution < 1.29 is 4.74 Å². The molecule has 0 aliphatic rings. The van der Waals surface area contributed by atoms with E-state index in [0.717, 1.165) is 29.2 Å². The molecule has 106 valence electrons. The van der Waals surface area contributed by atoms with E-state index < -0.39 is 0 Å². The average molecular weight is 279 g/mol. The number of aryl methyl sites for hydroxylation is 1. The van der Waals surface area contributed by atoms with Crippen molar-refractivity contribution in [3.05, 3.63) is 66.4 Å². The molecular weight excluding hydrogens is 262 g/mol. The van der Waals surface area contributed by atoms with Gasteiger partial charge in [-0.25, -0.2) is 4.98 Å². The van der Waals surface area contributed by atoms with Crippen LogP contribution in [0.3, 0.4) is 0 Å². The second-order valence-electron chi connectivity index (χ2n) is 4.97. The molecule has 0 aliphatic heterocycles. The number of imidazole rings is 1. The van der Waals surface area contributed by atoms with Crippen LogP contribution in [0.25, 0.3) is 11.3 Å². The maximum absolute atomic E-state index is 5.16. The molecule has 4 heteroatoms. The third-order valence-corrected chi connectivity index (χ3v) is 3.36. The van der Waals surface area contributed by atoms with E-state index in [2.05, 4.69) is 26.7 Å². The van der Waals surface area contributed by atoms with E-state index in [1.807, 2.05) is 49.9 Å². The van der Waals surface area contributed by atoms with Crippen LogP contribution in [0.15, 0.2) is 55.1 Å². The number of benzene rings is 1. The summed E-state index contributed by atoms with van der Waals surface area (Å²) in [6.45, 7) is 2.77. The molecule has 0 atom stereocenters. The van der Waals surface area contributed by atoms with Gasteiger partial charge in [0.05, 0.1) is 19.1 Å². The Bertz CT molecular complexity index is 715. The Morgan fingerprint density at radius 2 is 1.86 bits per heavy atom. The van der Waals surface area contributed by atoms with Crippen molar-refractivity contribution in [2.45, 2.75) is 13.5 Å². The Morgan fingerprint density at radius 1 is 1.05 bits per heavy atom. The van der Waals surface area contributed by atoms with Gasteiger partial charge < -0.3 is 9.30 Å². The van der Waals surface area contributed by atoms with E-state index in [-0.39, 0.29) is 0 Å². The Hall–Kier alpha value is -2.62. The first-order chi connectivity index (χ1) is 10.2. The van der Waals surface area contributed by atoms with E-state index in [9.17, 15) is 0 Å². The van der Waals surface area contributed by atoms with Crippen LogP contribution in [0.5, 0.6) is 5.75 Å². The number of rotatable bonds is 4. The van der Waals surface area contributed by atoms with Crippen LogP contribution in [-0.4, -0.2) is 21.6 Å². The molecule has 2 aromatic heterocycles. The van der Waals surface area contributed by atoms with Crippen molar-refractivity contribution in [3.63, 3.8) is 0 Å². The van der Waals surface area contributed by atoms with E-state index >= 15 is 0 Å². The zero-order valence-corrected chi connectivity index (χ0v) is 12.2. The second-order valence-corrected chi connectivity index (χ2v) is 4.97. The second kappa shape index (κ2) is 5.79. The molecule has 3 aromatic rings. The predicted octanol–water partition coefficient (Wildman–Crippen LogP) is 3.31. The minimum atomic E-state index is 0.788. The van der Waals surface area contributed by atoms with Gasteiger partial charge in [0, 0.05) is 30.2 Å². The highest BCUT2D eigenvalue weighted by Crippen LogP contribution is 2.17. The highest BCUT2D eigenvalue weighted by Gasteiger charge is 2.03. The highest BCUT2D eigenvalue weighted by atomic mass is 16.5. The van der Waals surface area contributed by atoms with Gasteiger partial charge in [-0.05, 0) is 36.8 Å². The van der Waals surface area contributed by atoms with Gasteiger partial charge in [0.25, 0.3) is 0 Å². The molecule has 0 radical (unpaired) electrons. The molecule has 0 spiro atoms. The normalized spacial score (nSPS) is 10.6. The van der Waals surface area contributed by atoms with E-state index in [0.29, 0.717) is 0 Å². The summed E-state index contributed by atoms with van der Waals surface area (Å²) in [6.07, 6.45) is 5.74. The average Bonchev–Trinajstić information content (AvgIpc) is 2.97. The van der Waals surface area contributed by atoms with Gasteiger partial charge in [0.15, 0.2) is 0 Å². The molecular formula is C17H17N3O. The zero-order valence-electron chi connectivity index (χ0n) is 12.2. The van der Waals surface area contributed by atoms with E-state index in [1.54, 1.807) is 7.11 Å². The fourth-order valence-corrected chi connectivity index (χ4v) is 2.16. The standard InChI is InChI=1S/C17H17N3O/c1-13-3-6-15(9-18-13)17-11-20(12-19-17)10-14-4-7-16(21-2)8-5-14/h3-9,11-12H,10H2,1-2H3. The van der Waals surface area contributed by atoms with Crippen LogP contribution in [-0.2, 0) is 6.54 Å².